The van der Waals surface area contributed by atoms with E-state index in [0.29, 0.717) is 0 Å². The lowest BCUT2D eigenvalue weighted by Gasteiger charge is -2.09. The van der Waals surface area contributed by atoms with Crippen LogP contribution in [0.15, 0.2) is 42.1 Å². The summed E-state index contributed by atoms with van der Waals surface area (Å²) in [7, 11) is 2.50. The molecule has 1 aromatic rings. The van der Waals surface area contributed by atoms with Crippen LogP contribution in [0.4, 0.5) is 0 Å². The summed E-state index contributed by atoms with van der Waals surface area (Å²) >= 11 is 0. The molecule has 0 aliphatic carbocycles. The van der Waals surface area contributed by atoms with Gasteiger partial charge in [0.25, 0.3) is 0 Å². The van der Waals surface area contributed by atoms with Gasteiger partial charge in [-0.25, -0.2) is 0 Å². The average Bonchev–Trinajstić information content (AvgIpc) is 2.54. The van der Waals surface area contributed by atoms with E-state index < -0.39 is 17.9 Å². The van der Waals surface area contributed by atoms with Crippen LogP contribution >= 0.6 is 0 Å². The van der Waals surface area contributed by atoms with Crippen molar-refractivity contribution in [1.82, 2.24) is 0 Å². The highest BCUT2D eigenvalue weighted by atomic mass is 16.5. The Morgan fingerprint density at radius 1 is 1.14 bits per heavy atom. The second kappa shape index (κ2) is 8.77. The highest BCUT2D eigenvalue weighted by Gasteiger charge is 2.27. The van der Waals surface area contributed by atoms with Gasteiger partial charge >= 0.3 is 11.9 Å². The molecule has 0 unspecified atom stereocenters. The van der Waals surface area contributed by atoms with Crippen molar-refractivity contribution < 1.29 is 19.1 Å². The Labute approximate surface area is 125 Å². The van der Waals surface area contributed by atoms with Crippen LogP contribution in [-0.4, -0.2) is 26.2 Å². The minimum absolute atomic E-state index is 0.204. The third-order valence-corrected chi connectivity index (χ3v) is 3.08. The van der Waals surface area contributed by atoms with Crippen molar-refractivity contribution in [2.75, 3.05) is 14.2 Å². The molecule has 0 heterocycles. The number of ether oxygens (including phenoxy) is 2. The smallest absolute Gasteiger partial charge is 0.320 e. The zero-order valence-electron chi connectivity index (χ0n) is 12.6. The van der Waals surface area contributed by atoms with Crippen molar-refractivity contribution >= 4 is 17.5 Å². The van der Waals surface area contributed by atoms with Gasteiger partial charge in [0.2, 0.25) is 0 Å². The lowest BCUT2D eigenvalue weighted by atomic mass is 10.0. The molecule has 0 fully saturated rings. The van der Waals surface area contributed by atoms with E-state index in [1.807, 2.05) is 37.3 Å². The van der Waals surface area contributed by atoms with Crippen molar-refractivity contribution in [3.8, 4) is 0 Å². The predicted molar refractivity (Wildman–Crippen MR) is 80.4 cm³/mol. The average molecular weight is 288 g/mol. The van der Waals surface area contributed by atoms with Crippen molar-refractivity contribution in [3.05, 3.63) is 47.7 Å². The minimum Gasteiger partial charge on any atom is -0.468 e. The van der Waals surface area contributed by atoms with E-state index >= 15 is 0 Å². The van der Waals surface area contributed by atoms with Gasteiger partial charge in [-0.05, 0) is 24.5 Å². The molecular weight excluding hydrogens is 268 g/mol. The molecule has 0 radical (unpaired) electrons. The number of benzene rings is 1. The molecule has 1 aromatic carbocycles. The first-order chi connectivity index (χ1) is 10.1. The van der Waals surface area contributed by atoms with Crippen molar-refractivity contribution in [2.24, 2.45) is 5.92 Å². The van der Waals surface area contributed by atoms with Gasteiger partial charge < -0.3 is 9.47 Å². The predicted octanol–water partition coefficient (Wildman–Crippen LogP) is 2.99. The van der Waals surface area contributed by atoms with Crippen LogP contribution in [0.1, 0.15) is 25.3 Å². The monoisotopic (exact) mass is 288 g/mol. The molecule has 1 rings (SSSR count). The van der Waals surface area contributed by atoms with E-state index in [1.54, 1.807) is 6.08 Å². The van der Waals surface area contributed by atoms with Crippen LogP contribution in [0.3, 0.4) is 0 Å². The molecule has 0 saturated carbocycles. The fraction of sp³-hybridized carbons (Fsp3) is 0.353. The minimum atomic E-state index is -0.943. The number of esters is 2. The van der Waals surface area contributed by atoms with Gasteiger partial charge in [-0.2, -0.15) is 0 Å². The first-order valence-corrected chi connectivity index (χ1v) is 6.79. The normalized spacial score (nSPS) is 9.71. The standard InChI is InChI=1S/C17H20O4/c1-4-13(14-9-6-5-7-10-14)11-8-12-15(16(18)20-2)17(19)21-3/h5-10,15H,4,12H2,1-3H3. The number of methoxy groups -OCH3 is 2. The Kier molecular flexibility index (Phi) is 6.99. The number of carbonyl (C=O) groups excluding carboxylic acids is 2. The lowest BCUT2D eigenvalue weighted by molar-refractivity contribution is -0.158. The van der Waals surface area contributed by atoms with Gasteiger partial charge in [0.15, 0.2) is 5.92 Å². The van der Waals surface area contributed by atoms with Crippen LogP contribution in [0.2, 0.25) is 0 Å². The fourth-order valence-corrected chi connectivity index (χ4v) is 1.90. The van der Waals surface area contributed by atoms with Gasteiger partial charge in [-0.15, -0.1) is 5.73 Å². The molecule has 0 aromatic heterocycles. The van der Waals surface area contributed by atoms with E-state index in [0.717, 1.165) is 17.6 Å². The molecular formula is C17H20O4. The summed E-state index contributed by atoms with van der Waals surface area (Å²) in [5, 5.41) is 0. The van der Waals surface area contributed by atoms with Gasteiger partial charge in [-0.1, -0.05) is 37.3 Å². The number of allylic oxidation sites excluding steroid dienone is 1. The summed E-state index contributed by atoms with van der Waals surface area (Å²) in [5.41, 5.74) is 5.24. The zero-order valence-corrected chi connectivity index (χ0v) is 12.6. The van der Waals surface area contributed by atoms with Crippen molar-refractivity contribution in [3.63, 3.8) is 0 Å². The van der Waals surface area contributed by atoms with Crippen LogP contribution in [0.5, 0.6) is 0 Å². The Morgan fingerprint density at radius 2 is 1.71 bits per heavy atom. The molecule has 0 spiro atoms. The Hall–Kier alpha value is -2.32. The lowest BCUT2D eigenvalue weighted by Crippen LogP contribution is -2.25. The number of carbonyl (C=O) groups is 2. The molecule has 0 aliphatic rings. The molecule has 4 heteroatoms. The summed E-state index contributed by atoms with van der Waals surface area (Å²) in [6.45, 7) is 2.03. The maximum atomic E-state index is 11.5. The maximum absolute atomic E-state index is 11.5. The van der Waals surface area contributed by atoms with Crippen LogP contribution < -0.4 is 0 Å². The highest BCUT2D eigenvalue weighted by Crippen LogP contribution is 2.16. The van der Waals surface area contributed by atoms with Crippen molar-refractivity contribution in [2.45, 2.75) is 19.8 Å². The summed E-state index contributed by atoms with van der Waals surface area (Å²) in [4.78, 5) is 23.1. The Bertz CT molecular complexity index is 523. The quantitative estimate of drug-likeness (QED) is 0.459. The molecule has 0 N–H and O–H groups in total. The number of hydrogen-bond acceptors (Lipinski definition) is 4. The van der Waals surface area contributed by atoms with Gasteiger partial charge in [0.05, 0.1) is 14.2 Å². The van der Waals surface area contributed by atoms with Crippen molar-refractivity contribution in [1.29, 1.82) is 0 Å². The number of rotatable bonds is 6. The SMILES string of the molecule is CCC(=C=CCC(C(=O)OC)C(=O)OC)c1ccccc1. The molecule has 112 valence electrons. The summed E-state index contributed by atoms with van der Waals surface area (Å²) in [6.07, 6.45) is 2.70. The molecule has 0 bridgehead atoms. The molecule has 0 saturated heterocycles. The van der Waals surface area contributed by atoms with E-state index in [-0.39, 0.29) is 6.42 Å². The first-order valence-electron chi connectivity index (χ1n) is 6.79. The molecule has 0 amide bonds. The summed E-state index contributed by atoms with van der Waals surface area (Å²) < 4.78 is 9.22. The van der Waals surface area contributed by atoms with Gasteiger partial charge in [-0.3, -0.25) is 9.59 Å². The second-order valence-electron chi connectivity index (χ2n) is 4.38. The molecule has 0 atom stereocenters. The topological polar surface area (TPSA) is 52.6 Å². The van der Waals surface area contributed by atoms with E-state index in [2.05, 4.69) is 15.2 Å². The fourth-order valence-electron chi connectivity index (χ4n) is 1.90. The zero-order chi connectivity index (χ0) is 15.7. The Morgan fingerprint density at radius 3 is 2.19 bits per heavy atom. The summed E-state index contributed by atoms with van der Waals surface area (Å²) in [5.74, 6) is -2.14. The third-order valence-electron chi connectivity index (χ3n) is 3.08. The molecule has 4 nitrogen and oxygen atoms in total. The maximum Gasteiger partial charge on any atom is 0.320 e. The van der Waals surface area contributed by atoms with E-state index in [9.17, 15) is 9.59 Å². The van der Waals surface area contributed by atoms with Gasteiger partial charge in [0.1, 0.15) is 0 Å². The Balaban J connectivity index is 2.92. The second-order valence-corrected chi connectivity index (χ2v) is 4.38. The third kappa shape index (κ3) is 4.93. The largest absolute Gasteiger partial charge is 0.468 e. The molecule has 0 aliphatic heterocycles. The van der Waals surface area contributed by atoms with E-state index in [4.69, 9.17) is 0 Å². The number of hydrogen-bond donors (Lipinski definition) is 0. The van der Waals surface area contributed by atoms with Crippen LogP contribution in [0.25, 0.3) is 5.57 Å². The summed E-state index contributed by atoms with van der Waals surface area (Å²) in [6, 6.07) is 9.86. The van der Waals surface area contributed by atoms with Crippen LogP contribution in [-0.2, 0) is 19.1 Å². The highest BCUT2D eigenvalue weighted by molar-refractivity contribution is 5.95. The first kappa shape index (κ1) is 16.7. The van der Waals surface area contributed by atoms with Gasteiger partial charge in [0, 0.05) is 5.57 Å². The van der Waals surface area contributed by atoms with Crippen LogP contribution in [0, 0.1) is 5.92 Å². The van der Waals surface area contributed by atoms with E-state index in [1.165, 1.54) is 14.2 Å². The molecule has 21 heavy (non-hydrogen) atoms.